The van der Waals surface area contributed by atoms with Crippen molar-refractivity contribution in [3.05, 3.63) is 101 Å². The van der Waals surface area contributed by atoms with Crippen molar-refractivity contribution in [3.63, 3.8) is 0 Å². The van der Waals surface area contributed by atoms with Crippen molar-refractivity contribution in [2.75, 3.05) is 4.90 Å². The zero-order valence-corrected chi connectivity index (χ0v) is 16.9. The van der Waals surface area contributed by atoms with Crippen molar-refractivity contribution in [1.29, 1.82) is 0 Å². The second-order valence-corrected chi connectivity index (χ2v) is 7.71. The summed E-state index contributed by atoms with van der Waals surface area (Å²) >= 11 is 6.03. The third kappa shape index (κ3) is 3.37. The molecule has 5 rings (SSSR count). The highest BCUT2D eigenvalue weighted by atomic mass is 35.5. The maximum atomic E-state index is 13.1. The maximum absolute atomic E-state index is 13.1. The molecule has 1 aliphatic heterocycles. The summed E-state index contributed by atoms with van der Waals surface area (Å²) in [5.41, 5.74) is 3.71. The molecule has 1 aliphatic carbocycles. The molecule has 1 aromatic heterocycles. The van der Waals surface area contributed by atoms with Crippen molar-refractivity contribution in [3.8, 4) is 0 Å². The van der Waals surface area contributed by atoms with E-state index < -0.39 is 6.04 Å². The van der Waals surface area contributed by atoms with Crippen molar-refractivity contribution in [2.24, 2.45) is 0 Å². The molecule has 0 bridgehead atoms. The summed E-state index contributed by atoms with van der Waals surface area (Å²) in [6.07, 6.45) is 13.0. The van der Waals surface area contributed by atoms with Gasteiger partial charge in [-0.05, 0) is 41.8 Å². The number of hydrogen-bond donors (Lipinski definition) is 0. The Labute approximate surface area is 179 Å². The van der Waals surface area contributed by atoms with E-state index >= 15 is 0 Å². The van der Waals surface area contributed by atoms with Gasteiger partial charge in [-0.15, -0.1) is 5.10 Å². The topological polar surface area (TPSA) is 51.0 Å². The number of halogens is 1. The first-order valence-corrected chi connectivity index (χ1v) is 10.2. The van der Waals surface area contributed by atoms with Gasteiger partial charge in [-0.2, -0.15) is 0 Å². The van der Waals surface area contributed by atoms with E-state index in [0.29, 0.717) is 5.02 Å². The number of anilines is 1. The van der Waals surface area contributed by atoms with Gasteiger partial charge in [-0.1, -0.05) is 77.5 Å². The first-order chi connectivity index (χ1) is 14.7. The number of carbonyl (C=O) groups excluding carboxylic acids is 1. The van der Waals surface area contributed by atoms with E-state index in [0.717, 1.165) is 28.9 Å². The molecule has 1 amide bonds. The summed E-state index contributed by atoms with van der Waals surface area (Å²) in [6.45, 7) is 0. The second kappa shape index (κ2) is 7.76. The van der Waals surface area contributed by atoms with E-state index in [2.05, 4.69) is 22.5 Å². The SMILES string of the molecule is O=C1C(n2cc(C3=CCC=C3)nn2)[C@@H](/C=C/c2ccccc2)N1c1ccc(Cl)cc1. The Morgan fingerprint density at radius 3 is 2.60 bits per heavy atom. The zero-order valence-electron chi connectivity index (χ0n) is 16.1. The van der Waals surface area contributed by atoms with Crippen molar-refractivity contribution in [2.45, 2.75) is 18.5 Å². The van der Waals surface area contributed by atoms with Crippen LogP contribution in [0.4, 0.5) is 5.69 Å². The Morgan fingerprint density at radius 1 is 1.07 bits per heavy atom. The quantitative estimate of drug-likeness (QED) is 0.555. The lowest BCUT2D eigenvalue weighted by atomic mass is 9.92. The molecule has 0 spiro atoms. The number of hydrogen-bond acceptors (Lipinski definition) is 3. The molecular weight excluding hydrogens is 396 g/mol. The van der Waals surface area contributed by atoms with Crippen LogP contribution in [0.3, 0.4) is 0 Å². The van der Waals surface area contributed by atoms with Crippen LogP contribution >= 0.6 is 11.6 Å². The molecule has 3 aromatic rings. The minimum atomic E-state index is -0.437. The number of aromatic nitrogens is 3. The summed E-state index contributed by atoms with van der Waals surface area (Å²) in [6, 6.07) is 16.7. The Kier molecular flexibility index (Phi) is 4.81. The summed E-state index contributed by atoms with van der Waals surface area (Å²) in [7, 11) is 0. The van der Waals surface area contributed by atoms with Gasteiger partial charge in [0.05, 0.1) is 12.2 Å². The molecule has 0 radical (unpaired) electrons. The number of benzene rings is 2. The third-order valence-electron chi connectivity index (χ3n) is 5.36. The normalized spacial score (nSPS) is 20.6. The van der Waals surface area contributed by atoms with Crippen LogP contribution in [0.15, 0.2) is 85.1 Å². The summed E-state index contributed by atoms with van der Waals surface area (Å²) in [5.74, 6) is -0.0209. The van der Waals surface area contributed by atoms with Crippen molar-refractivity contribution < 1.29 is 4.79 Å². The Morgan fingerprint density at radius 2 is 1.87 bits per heavy atom. The van der Waals surface area contributed by atoms with Crippen LogP contribution < -0.4 is 4.90 Å². The molecular formula is C24H19ClN4O. The molecule has 2 aromatic carbocycles. The number of allylic oxidation sites excluding steroid dienone is 4. The predicted molar refractivity (Wildman–Crippen MR) is 119 cm³/mol. The monoisotopic (exact) mass is 414 g/mol. The average molecular weight is 415 g/mol. The third-order valence-corrected chi connectivity index (χ3v) is 5.62. The molecule has 0 saturated carbocycles. The molecule has 30 heavy (non-hydrogen) atoms. The highest BCUT2D eigenvalue weighted by molar-refractivity contribution is 6.30. The molecule has 1 unspecified atom stereocenters. The number of carbonyl (C=O) groups is 1. The van der Waals surface area contributed by atoms with E-state index in [1.54, 1.807) is 21.7 Å². The molecule has 2 heterocycles. The highest BCUT2D eigenvalue weighted by Gasteiger charge is 2.48. The highest BCUT2D eigenvalue weighted by Crippen LogP contribution is 2.37. The van der Waals surface area contributed by atoms with E-state index in [-0.39, 0.29) is 11.9 Å². The summed E-state index contributed by atoms with van der Waals surface area (Å²) < 4.78 is 1.68. The molecule has 148 valence electrons. The molecule has 6 heteroatoms. The van der Waals surface area contributed by atoms with Gasteiger partial charge < -0.3 is 4.90 Å². The summed E-state index contributed by atoms with van der Waals surface area (Å²) in [5, 5.41) is 9.19. The minimum absolute atomic E-state index is 0.0209. The maximum Gasteiger partial charge on any atom is 0.255 e. The number of β-lactam (4-membered cyclic amide) rings is 1. The standard InChI is InChI=1S/C24H19ClN4O/c25-19-11-13-20(14-12-19)29-22(15-10-17-6-2-1-3-7-17)23(24(29)30)28-16-21(26-27-28)18-8-4-5-9-18/h1-4,6-16,22-23H,5H2/b15-10+/t22-,23?/m1/s1. The average Bonchev–Trinajstić information content (AvgIpc) is 3.45. The Balaban J connectivity index is 1.48. The van der Waals surface area contributed by atoms with Gasteiger partial charge in [0.1, 0.15) is 5.69 Å². The van der Waals surface area contributed by atoms with Gasteiger partial charge in [0, 0.05) is 10.7 Å². The van der Waals surface area contributed by atoms with Crippen LogP contribution in [0.25, 0.3) is 11.6 Å². The molecule has 1 fully saturated rings. The van der Waals surface area contributed by atoms with E-state index in [1.165, 1.54) is 0 Å². The number of amides is 1. The fourth-order valence-corrected chi connectivity index (χ4v) is 3.95. The van der Waals surface area contributed by atoms with E-state index in [4.69, 9.17) is 11.6 Å². The van der Waals surface area contributed by atoms with Crippen molar-refractivity contribution in [1.82, 2.24) is 15.0 Å². The van der Waals surface area contributed by atoms with Crippen LogP contribution in [0, 0.1) is 0 Å². The molecule has 2 atom stereocenters. The zero-order chi connectivity index (χ0) is 20.5. The molecule has 1 saturated heterocycles. The van der Waals surface area contributed by atoms with Crippen LogP contribution in [0.2, 0.25) is 5.02 Å². The largest absolute Gasteiger partial charge is 0.301 e. The molecule has 5 nitrogen and oxygen atoms in total. The predicted octanol–water partition coefficient (Wildman–Crippen LogP) is 4.94. The van der Waals surface area contributed by atoms with Crippen LogP contribution in [-0.2, 0) is 4.79 Å². The van der Waals surface area contributed by atoms with Gasteiger partial charge in [0.15, 0.2) is 6.04 Å². The van der Waals surface area contributed by atoms with Gasteiger partial charge >= 0.3 is 0 Å². The first kappa shape index (κ1) is 18.6. The minimum Gasteiger partial charge on any atom is -0.301 e. The van der Waals surface area contributed by atoms with Gasteiger partial charge in [-0.25, -0.2) is 4.68 Å². The first-order valence-electron chi connectivity index (χ1n) is 9.81. The van der Waals surface area contributed by atoms with Gasteiger partial charge in [-0.3, -0.25) is 4.79 Å². The van der Waals surface area contributed by atoms with E-state index in [9.17, 15) is 4.79 Å². The number of rotatable bonds is 5. The lowest BCUT2D eigenvalue weighted by Gasteiger charge is -2.45. The van der Waals surface area contributed by atoms with Crippen LogP contribution in [-0.4, -0.2) is 26.9 Å². The lowest BCUT2D eigenvalue weighted by molar-refractivity contribution is -0.128. The van der Waals surface area contributed by atoms with Crippen LogP contribution in [0.1, 0.15) is 23.7 Å². The summed E-state index contributed by atoms with van der Waals surface area (Å²) in [4.78, 5) is 14.9. The molecule has 2 aliphatic rings. The van der Waals surface area contributed by atoms with E-state index in [1.807, 2.05) is 66.9 Å². The van der Waals surface area contributed by atoms with Gasteiger partial charge in [0.2, 0.25) is 0 Å². The Bertz CT molecular complexity index is 1160. The fraction of sp³-hybridized carbons (Fsp3) is 0.125. The fourth-order valence-electron chi connectivity index (χ4n) is 3.82. The number of nitrogens with zero attached hydrogens (tertiary/aromatic N) is 4. The van der Waals surface area contributed by atoms with Gasteiger partial charge in [0.25, 0.3) is 5.91 Å². The van der Waals surface area contributed by atoms with Crippen molar-refractivity contribution >= 4 is 34.8 Å². The van der Waals surface area contributed by atoms with Crippen LogP contribution in [0.5, 0.6) is 0 Å². The second-order valence-electron chi connectivity index (χ2n) is 7.27. The Hall–Kier alpha value is -3.44. The smallest absolute Gasteiger partial charge is 0.255 e. The molecule has 0 N–H and O–H groups in total. The lowest BCUT2D eigenvalue weighted by Crippen LogP contribution is -2.61.